The molecule has 0 radical (unpaired) electrons. The van der Waals surface area contributed by atoms with E-state index in [1.807, 2.05) is 0 Å². The molecule has 0 spiro atoms. The van der Waals surface area contributed by atoms with Gasteiger partial charge in [0.15, 0.2) is 5.78 Å². The number of imide groups is 1. The van der Waals surface area contributed by atoms with E-state index in [1.165, 1.54) is 24.8 Å². The molecule has 5 rings (SSSR count). The van der Waals surface area contributed by atoms with Crippen molar-refractivity contribution < 1.29 is 24.0 Å². The SMILES string of the molecule is CC(=O)c1ccc(N2C(=O)CC(Sc3ccc(NC(=O)/C(=C/c4cccc(Cl)c4)NC(=O)c4ccccc4)cc3)C2=O)cc1. The zero-order chi connectivity index (χ0) is 31.2. The topological polar surface area (TPSA) is 113 Å². The highest BCUT2D eigenvalue weighted by Crippen LogP contribution is 2.34. The Hall–Kier alpha value is -4.99. The van der Waals surface area contributed by atoms with Gasteiger partial charge in [0, 0.05) is 33.2 Å². The van der Waals surface area contributed by atoms with E-state index < -0.39 is 17.1 Å². The molecule has 0 aromatic heterocycles. The number of rotatable bonds is 9. The Labute approximate surface area is 263 Å². The summed E-state index contributed by atoms with van der Waals surface area (Å²) in [5.41, 5.74) is 2.42. The van der Waals surface area contributed by atoms with Crippen molar-refractivity contribution in [2.24, 2.45) is 0 Å². The number of hydrogen-bond donors (Lipinski definition) is 2. The van der Waals surface area contributed by atoms with E-state index in [4.69, 9.17) is 11.6 Å². The number of carbonyl (C=O) groups is 5. The molecule has 1 fully saturated rings. The van der Waals surface area contributed by atoms with Crippen molar-refractivity contribution in [3.05, 3.63) is 131 Å². The van der Waals surface area contributed by atoms with Crippen LogP contribution in [0.2, 0.25) is 5.02 Å². The molecule has 1 unspecified atom stereocenters. The zero-order valence-electron chi connectivity index (χ0n) is 23.5. The van der Waals surface area contributed by atoms with Crippen LogP contribution in [0, 0.1) is 0 Å². The summed E-state index contributed by atoms with van der Waals surface area (Å²) in [6.07, 6.45) is 1.57. The maximum atomic E-state index is 13.3. The van der Waals surface area contributed by atoms with E-state index >= 15 is 0 Å². The molecule has 44 heavy (non-hydrogen) atoms. The van der Waals surface area contributed by atoms with Gasteiger partial charge < -0.3 is 10.6 Å². The van der Waals surface area contributed by atoms with Gasteiger partial charge in [-0.2, -0.15) is 0 Å². The van der Waals surface area contributed by atoms with Gasteiger partial charge in [-0.1, -0.05) is 41.9 Å². The number of ketones is 1. The number of benzene rings is 4. The molecule has 0 saturated carbocycles. The van der Waals surface area contributed by atoms with Gasteiger partial charge in [-0.25, -0.2) is 4.90 Å². The Morgan fingerprint density at radius 3 is 2.23 bits per heavy atom. The van der Waals surface area contributed by atoms with Gasteiger partial charge in [0.25, 0.3) is 11.8 Å². The third-order valence-electron chi connectivity index (χ3n) is 6.72. The first-order valence-electron chi connectivity index (χ1n) is 13.6. The van der Waals surface area contributed by atoms with E-state index in [-0.39, 0.29) is 29.7 Å². The van der Waals surface area contributed by atoms with Crippen LogP contribution >= 0.6 is 23.4 Å². The van der Waals surface area contributed by atoms with Gasteiger partial charge in [0.05, 0.1) is 10.9 Å². The molecule has 2 N–H and O–H groups in total. The molecule has 0 aliphatic carbocycles. The Morgan fingerprint density at radius 1 is 0.864 bits per heavy atom. The van der Waals surface area contributed by atoms with Crippen molar-refractivity contribution >= 4 is 70.2 Å². The highest BCUT2D eigenvalue weighted by atomic mass is 35.5. The minimum Gasteiger partial charge on any atom is -0.321 e. The average Bonchev–Trinajstić information content (AvgIpc) is 3.30. The van der Waals surface area contributed by atoms with Crippen LogP contribution in [0.1, 0.15) is 39.6 Å². The fourth-order valence-corrected chi connectivity index (χ4v) is 5.75. The number of Topliss-reactive ketones (excluding diaryl/α,β-unsaturated/α-hetero) is 1. The summed E-state index contributed by atoms with van der Waals surface area (Å²) < 4.78 is 0. The van der Waals surface area contributed by atoms with Crippen molar-refractivity contribution in [2.45, 2.75) is 23.5 Å². The summed E-state index contributed by atoms with van der Waals surface area (Å²) in [4.78, 5) is 65.4. The number of thioether (sulfide) groups is 1. The predicted octanol–water partition coefficient (Wildman–Crippen LogP) is 6.38. The standard InChI is InChI=1S/C34H26ClN3O5S/c1-21(39)23-10-14-27(15-11-23)38-31(40)20-30(34(38)43)44-28-16-12-26(13-17-28)36-33(42)29(19-22-6-5-9-25(35)18-22)37-32(41)24-7-3-2-4-8-24/h2-19,30H,20H2,1H3,(H,36,42)(H,37,41)/b29-19-. The minimum absolute atomic E-state index is 0.0195. The highest BCUT2D eigenvalue weighted by molar-refractivity contribution is 8.00. The van der Waals surface area contributed by atoms with Gasteiger partial charge in [-0.3, -0.25) is 24.0 Å². The summed E-state index contributed by atoms with van der Waals surface area (Å²) >= 11 is 7.37. The second kappa shape index (κ2) is 13.5. The summed E-state index contributed by atoms with van der Waals surface area (Å²) in [5.74, 6) is -1.74. The molecule has 1 aliphatic rings. The summed E-state index contributed by atoms with van der Waals surface area (Å²) in [6.45, 7) is 1.45. The molecule has 4 aromatic carbocycles. The largest absolute Gasteiger partial charge is 0.321 e. The van der Waals surface area contributed by atoms with Crippen LogP contribution in [0.3, 0.4) is 0 Å². The van der Waals surface area contributed by atoms with E-state index in [0.717, 1.165) is 9.80 Å². The van der Waals surface area contributed by atoms with E-state index in [2.05, 4.69) is 10.6 Å². The molecule has 8 nitrogen and oxygen atoms in total. The second-order valence-electron chi connectivity index (χ2n) is 9.89. The molecular weight excluding hydrogens is 598 g/mol. The number of hydrogen-bond acceptors (Lipinski definition) is 6. The van der Waals surface area contributed by atoms with Crippen molar-refractivity contribution in [1.29, 1.82) is 0 Å². The lowest BCUT2D eigenvalue weighted by Crippen LogP contribution is -2.31. The first-order chi connectivity index (χ1) is 21.2. The third-order valence-corrected chi connectivity index (χ3v) is 8.15. The summed E-state index contributed by atoms with van der Waals surface area (Å²) in [7, 11) is 0. The molecule has 1 aliphatic heterocycles. The van der Waals surface area contributed by atoms with Crippen LogP contribution in [0.25, 0.3) is 6.08 Å². The maximum Gasteiger partial charge on any atom is 0.272 e. The number of halogens is 1. The van der Waals surface area contributed by atoms with Gasteiger partial charge in [-0.05, 0) is 91.4 Å². The number of amides is 4. The number of nitrogens with zero attached hydrogens (tertiary/aromatic N) is 1. The number of nitrogens with one attached hydrogen (secondary N) is 2. The predicted molar refractivity (Wildman–Crippen MR) is 172 cm³/mol. The second-order valence-corrected chi connectivity index (χ2v) is 11.6. The number of carbonyl (C=O) groups excluding carboxylic acids is 5. The van der Waals surface area contributed by atoms with Crippen LogP contribution in [-0.4, -0.2) is 34.7 Å². The molecular formula is C34H26ClN3O5S. The monoisotopic (exact) mass is 623 g/mol. The molecule has 0 bridgehead atoms. The fraction of sp³-hybridized carbons (Fsp3) is 0.0882. The molecule has 10 heteroatoms. The van der Waals surface area contributed by atoms with Crippen molar-refractivity contribution in [3.8, 4) is 0 Å². The normalized spacial score (nSPS) is 14.8. The summed E-state index contributed by atoms with van der Waals surface area (Å²) in [6, 6.07) is 28.6. The lowest BCUT2D eigenvalue weighted by molar-refractivity contribution is -0.121. The van der Waals surface area contributed by atoms with Crippen LogP contribution in [0.4, 0.5) is 11.4 Å². The van der Waals surface area contributed by atoms with Gasteiger partial charge in [-0.15, -0.1) is 11.8 Å². The van der Waals surface area contributed by atoms with E-state index in [0.29, 0.717) is 33.1 Å². The van der Waals surface area contributed by atoms with Crippen LogP contribution in [-0.2, 0) is 14.4 Å². The van der Waals surface area contributed by atoms with Crippen molar-refractivity contribution in [1.82, 2.24) is 5.32 Å². The average molecular weight is 624 g/mol. The Bertz CT molecular complexity index is 1770. The van der Waals surface area contributed by atoms with E-state index in [9.17, 15) is 24.0 Å². The van der Waals surface area contributed by atoms with Crippen LogP contribution < -0.4 is 15.5 Å². The smallest absolute Gasteiger partial charge is 0.272 e. The Morgan fingerprint density at radius 2 is 1.57 bits per heavy atom. The van der Waals surface area contributed by atoms with Gasteiger partial charge >= 0.3 is 0 Å². The molecule has 1 saturated heterocycles. The van der Waals surface area contributed by atoms with Crippen molar-refractivity contribution in [3.63, 3.8) is 0 Å². The van der Waals surface area contributed by atoms with Crippen molar-refractivity contribution in [2.75, 3.05) is 10.2 Å². The quantitative estimate of drug-likeness (QED) is 0.127. The minimum atomic E-state index is -0.615. The Balaban J connectivity index is 1.27. The Kier molecular flexibility index (Phi) is 9.38. The van der Waals surface area contributed by atoms with Gasteiger partial charge in [0.2, 0.25) is 11.8 Å². The lowest BCUT2D eigenvalue weighted by atomic mass is 10.1. The molecule has 4 amide bonds. The van der Waals surface area contributed by atoms with E-state index in [1.54, 1.807) is 103 Å². The fourth-order valence-electron chi connectivity index (χ4n) is 4.50. The number of anilines is 2. The maximum absolute atomic E-state index is 13.3. The first-order valence-corrected chi connectivity index (χ1v) is 14.8. The molecule has 1 heterocycles. The zero-order valence-corrected chi connectivity index (χ0v) is 25.0. The highest BCUT2D eigenvalue weighted by Gasteiger charge is 2.40. The lowest BCUT2D eigenvalue weighted by Gasteiger charge is -2.15. The summed E-state index contributed by atoms with van der Waals surface area (Å²) in [5, 5.41) is 5.35. The van der Waals surface area contributed by atoms with Crippen LogP contribution in [0.5, 0.6) is 0 Å². The molecule has 4 aromatic rings. The first kappa shape index (κ1) is 30.5. The molecule has 1 atom stereocenters. The van der Waals surface area contributed by atoms with Gasteiger partial charge in [0.1, 0.15) is 5.70 Å². The third kappa shape index (κ3) is 7.31. The molecule has 220 valence electrons. The van der Waals surface area contributed by atoms with Crippen LogP contribution in [0.15, 0.2) is 114 Å².